The zero-order valence-electron chi connectivity index (χ0n) is 12.7. The van der Waals surface area contributed by atoms with Gasteiger partial charge in [0, 0.05) is 25.4 Å². The van der Waals surface area contributed by atoms with Gasteiger partial charge in [-0.25, -0.2) is 0 Å². The highest BCUT2D eigenvalue weighted by Gasteiger charge is 2.08. The number of rotatable bonds is 7. The molecular weight excluding hydrogens is 369 g/mol. The van der Waals surface area contributed by atoms with Crippen LogP contribution < -0.4 is 11.1 Å². The van der Waals surface area contributed by atoms with Crippen LogP contribution in [0.4, 0.5) is 0 Å². The van der Waals surface area contributed by atoms with Gasteiger partial charge in [-0.15, -0.1) is 24.0 Å². The van der Waals surface area contributed by atoms with Gasteiger partial charge in [-0.1, -0.05) is 32.9 Å². The molecule has 0 saturated carbocycles. The molecule has 0 aliphatic rings. The summed E-state index contributed by atoms with van der Waals surface area (Å²) < 4.78 is 5.14. The molecular formula is C13H26IN5O. The summed E-state index contributed by atoms with van der Waals surface area (Å²) in [5, 5.41) is 6.95. The molecule has 7 heteroatoms. The molecule has 0 spiro atoms. The molecule has 0 saturated heterocycles. The highest BCUT2D eigenvalue weighted by Crippen LogP contribution is 2.09. The highest BCUT2D eigenvalue weighted by atomic mass is 127. The van der Waals surface area contributed by atoms with Gasteiger partial charge in [0.25, 0.3) is 0 Å². The van der Waals surface area contributed by atoms with Gasteiger partial charge in [-0.3, -0.25) is 4.99 Å². The Labute approximate surface area is 138 Å². The third-order valence-electron chi connectivity index (χ3n) is 2.63. The first-order valence-corrected chi connectivity index (χ1v) is 6.85. The molecule has 0 amide bonds. The number of nitrogens with one attached hydrogen (secondary N) is 1. The maximum Gasteiger partial charge on any atom is 0.228 e. The van der Waals surface area contributed by atoms with Gasteiger partial charge in [0.05, 0.1) is 0 Å². The maximum atomic E-state index is 5.75. The number of aliphatic imine (C=N–C) groups is 1. The monoisotopic (exact) mass is 395 g/mol. The van der Waals surface area contributed by atoms with E-state index in [0.717, 1.165) is 18.8 Å². The van der Waals surface area contributed by atoms with Crippen molar-refractivity contribution in [2.24, 2.45) is 16.6 Å². The van der Waals surface area contributed by atoms with E-state index >= 15 is 0 Å². The highest BCUT2D eigenvalue weighted by molar-refractivity contribution is 14.0. The van der Waals surface area contributed by atoms with Crippen LogP contribution in [0, 0.1) is 5.92 Å². The number of nitrogens with two attached hydrogens (primary N) is 1. The van der Waals surface area contributed by atoms with Gasteiger partial charge in [-0.05, 0) is 12.3 Å². The van der Waals surface area contributed by atoms with Gasteiger partial charge in [0.1, 0.15) is 0 Å². The van der Waals surface area contributed by atoms with Gasteiger partial charge in [0.15, 0.2) is 11.8 Å². The number of nitrogens with zero attached hydrogens (tertiary/aromatic N) is 3. The lowest BCUT2D eigenvalue weighted by atomic mass is 10.1. The van der Waals surface area contributed by atoms with E-state index in [1.807, 2.05) is 13.8 Å². The molecule has 0 radical (unpaired) electrons. The van der Waals surface area contributed by atoms with Crippen molar-refractivity contribution in [1.82, 2.24) is 15.5 Å². The smallest absolute Gasteiger partial charge is 0.228 e. The van der Waals surface area contributed by atoms with Crippen molar-refractivity contribution in [3.63, 3.8) is 0 Å². The Morgan fingerprint density at radius 3 is 2.60 bits per heavy atom. The van der Waals surface area contributed by atoms with E-state index in [2.05, 4.69) is 34.3 Å². The van der Waals surface area contributed by atoms with Crippen molar-refractivity contribution >= 4 is 29.9 Å². The number of hydrogen-bond donors (Lipinski definition) is 2. The summed E-state index contributed by atoms with van der Waals surface area (Å²) >= 11 is 0. The topological polar surface area (TPSA) is 89.3 Å². The number of guanidine groups is 1. The third-order valence-corrected chi connectivity index (χ3v) is 2.63. The molecule has 3 N–H and O–H groups in total. The molecule has 0 atom stereocenters. The molecule has 0 bridgehead atoms. The number of hydrogen-bond acceptors (Lipinski definition) is 4. The van der Waals surface area contributed by atoms with Crippen LogP contribution in [0.5, 0.6) is 0 Å². The van der Waals surface area contributed by atoms with E-state index in [1.165, 1.54) is 0 Å². The molecule has 1 heterocycles. The SMILES string of the molecule is CC(C)CCN=C(N)NCCc1nc(C(C)C)no1.I. The van der Waals surface area contributed by atoms with Crippen molar-refractivity contribution in [3.8, 4) is 0 Å². The van der Waals surface area contributed by atoms with E-state index in [0.29, 0.717) is 30.7 Å². The first-order valence-electron chi connectivity index (χ1n) is 6.85. The fourth-order valence-electron chi connectivity index (χ4n) is 1.40. The average Bonchev–Trinajstić information content (AvgIpc) is 2.77. The molecule has 0 aliphatic carbocycles. The van der Waals surface area contributed by atoms with Crippen LogP contribution in [0.25, 0.3) is 0 Å². The van der Waals surface area contributed by atoms with Gasteiger partial charge < -0.3 is 15.6 Å². The van der Waals surface area contributed by atoms with Crippen molar-refractivity contribution in [2.45, 2.75) is 46.5 Å². The van der Waals surface area contributed by atoms with Crippen LogP contribution in [0.2, 0.25) is 0 Å². The summed E-state index contributed by atoms with van der Waals surface area (Å²) in [5.41, 5.74) is 5.75. The minimum Gasteiger partial charge on any atom is -0.370 e. The zero-order valence-corrected chi connectivity index (χ0v) is 15.0. The standard InChI is InChI=1S/C13H25N5O.HI/c1-9(2)5-7-15-13(14)16-8-6-11-17-12(10(3)4)18-19-11;/h9-10H,5-8H2,1-4H3,(H3,14,15,16);1H. The quantitative estimate of drug-likeness (QED) is 0.420. The molecule has 1 aromatic rings. The van der Waals surface area contributed by atoms with Gasteiger partial charge in [0.2, 0.25) is 5.89 Å². The van der Waals surface area contributed by atoms with Crippen LogP contribution in [0.3, 0.4) is 0 Å². The Hall–Kier alpha value is -0.860. The molecule has 0 unspecified atom stereocenters. The summed E-state index contributed by atoms with van der Waals surface area (Å²) in [7, 11) is 0. The minimum atomic E-state index is 0. The van der Waals surface area contributed by atoms with E-state index in [4.69, 9.17) is 10.3 Å². The van der Waals surface area contributed by atoms with Crippen LogP contribution >= 0.6 is 24.0 Å². The fraction of sp³-hybridized carbons (Fsp3) is 0.769. The molecule has 1 aromatic heterocycles. The second-order valence-corrected chi connectivity index (χ2v) is 5.33. The third kappa shape index (κ3) is 7.66. The van der Waals surface area contributed by atoms with Crippen LogP contribution in [0.15, 0.2) is 9.52 Å². The van der Waals surface area contributed by atoms with Crippen molar-refractivity contribution in [2.75, 3.05) is 13.1 Å². The van der Waals surface area contributed by atoms with E-state index in [-0.39, 0.29) is 29.9 Å². The Balaban J connectivity index is 0.00000361. The Morgan fingerprint density at radius 1 is 1.35 bits per heavy atom. The predicted molar refractivity (Wildman–Crippen MR) is 91.5 cm³/mol. The van der Waals surface area contributed by atoms with Gasteiger partial charge in [-0.2, -0.15) is 4.98 Å². The molecule has 0 aromatic carbocycles. The van der Waals surface area contributed by atoms with Crippen molar-refractivity contribution in [1.29, 1.82) is 0 Å². The maximum absolute atomic E-state index is 5.75. The summed E-state index contributed by atoms with van der Waals surface area (Å²) in [5.74, 6) is 2.78. The van der Waals surface area contributed by atoms with Crippen molar-refractivity contribution in [3.05, 3.63) is 11.7 Å². The number of aromatic nitrogens is 2. The van der Waals surface area contributed by atoms with Crippen LogP contribution in [-0.2, 0) is 6.42 Å². The minimum absolute atomic E-state index is 0. The normalized spacial score (nSPS) is 11.8. The summed E-state index contributed by atoms with van der Waals surface area (Å²) in [4.78, 5) is 8.54. The second-order valence-electron chi connectivity index (χ2n) is 5.33. The Morgan fingerprint density at radius 2 is 2.05 bits per heavy atom. The molecule has 1 rings (SSSR count). The first-order chi connectivity index (χ1) is 8.99. The molecule has 0 fully saturated rings. The van der Waals surface area contributed by atoms with E-state index in [9.17, 15) is 0 Å². The lowest BCUT2D eigenvalue weighted by molar-refractivity contribution is 0.371. The predicted octanol–water partition coefficient (Wildman–Crippen LogP) is 2.30. The molecule has 0 aliphatic heterocycles. The van der Waals surface area contributed by atoms with Gasteiger partial charge >= 0.3 is 0 Å². The molecule has 6 nitrogen and oxygen atoms in total. The molecule has 116 valence electrons. The fourth-order valence-corrected chi connectivity index (χ4v) is 1.40. The summed E-state index contributed by atoms with van der Waals surface area (Å²) in [6.07, 6.45) is 1.70. The lowest BCUT2D eigenvalue weighted by Crippen LogP contribution is -2.33. The van der Waals surface area contributed by atoms with E-state index in [1.54, 1.807) is 0 Å². The summed E-state index contributed by atoms with van der Waals surface area (Å²) in [6, 6.07) is 0. The molecule has 20 heavy (non-hydrogen) atoms. The van der Waals surface area contributed by atoms with Crippen LogP contribution in [0.1, 0.15) is 51.7 Å². The second kappa shape index (κ2) is 9.95. The average molecular weight is 395 g/mol. The summed E-state index contributed by atoms with van der Waals surface area (Å²) in [6.45, 7) is 9.81. The lowest BCUT2D eigenvalue weighted by Gasteiger charge is -2.04. The number of halogens is 1. The first kappa shape index (κ1) is 19.1. The largest absolute Gasteiger partial charge is 0.370 e. The Bertz CT molecular complexity index is 403. The zero-order chi connectivity index (χ0) is 14.3. The van der Waals surface area contributed by atoms with Crippen LogP contribution in [-0.4, -0.2) is 29.2 Å². The Kier molecular flexibility index (Phi) is 9.52. The van der Waals surface area contributed by atoms with Crippen molar-refractivity contribution < 1.29 is 4.52 Å². The van der Waals surface area contributed by atoms with E-state index < -0.39 is 0 Å².